The van der Waals surface area contributed by atoms with E-state index in [1.54, 1.807) is 0 Å². The van der Waals surface area contributed by atoms with Crippen LogP contribution in [0.3, 0.4) is 0 Å². The Labute approximate surface area is 97.6 Å². The lowest BCUT2D eigenvalue weighted by Crippen LogP contribution is -2.34. The fourth-order valence-corrected chi connectivity index (χ4v) is 3.35. The van der Waals surface area contributed by atoms with Gasteiger partial charge in [0.25, 0.3) is 0 Å². The van der Waals surface area contributed by atoms with Crippen LogP contribution in [0.15, 0.2) is 18.2 Å². The quantitative estimate of drug-likeness (QED) is 0.632. The van der Waals surface area contributed by atoms with Crippen LogP contribution < -0.4 is 11.3 Å². The van der Waals surface area contributed by atoms with E-state index in [0.717, 1.165) is 30.1 Å². The summed E-state index contributed by atoms with van der Waals surface area (Å²) in [4.78, 5) is 0. The van der Waals surface area contributed by atoms with Crippen molar-refractivity contribution in [1.82, 2.24) is 5.43 Å². The largest absolute Gasteiger partial charge is 0.271 e. The monoisotopic (exact) mass is 244 g/mol. The summed E-state index contributed by atoms with van der Waals surface area (Å²) in [6.07, 6.45) is 0.982. The first-order valence-electron chi connectivity index (χ1n) is 5.21. The van der Waals surface area contributed by atoms with Gasteiger partial charge in [0.2, 0.25) is 0 Å². The van der Waals surface area contributed by atoms with Crippen molar-refractivity contribution in [3.63, 3.8) is 0 Å². The molecule has 1 heterocycles. The Hall–Kier alpha value is -0.650. The van der Waals surface area contributed by atoms with Crippen LogP contribution in [-0.2, 0) is 0 Å². The lowest BCUT2D eigenvalue weighted by Gasteiger charge is -2.22. The molecule has 0 radical (unpaired) electrons. The second-order valence-electron chi connectivity index (χ2n) is 3.93. The van der Waals surface area contributed by atoms with Crippen molar-refractivity contribution in [3.8, 4) is 0 Å². The number of thioether (sulfide) groups is 1. The number of benzene rings is 1. The van der Waals surface area contributed by atoms with Crippen molar-refractivity contribution in [2.45, 2.75) is 12.5 Å². The normalized spacial score (nSPS) is 22.3. The maximum Gasteiger partial charge on any atom is 0.128 e. The Bertz CT molecular complexity index is 367. The van der Waals surface area contributed by atoms with Crippen molar-refractivity contribution < 1.29 is 8.78 Å². The standard InChI is InChI=1S/C11H14F2N2S/c12-8-1-2-10(13)9(5-8)11(15-14)7-3-4-16-6-7/h1-2,5,7,11,15H,3-4,6,14H2. The van der Waals surface area contributed by atoms with Crippen LogP contribution in [0.5, 0.6) is 0 Å². The predicted octanol–water partition coefficient (Wildman–Crippen LogP) is 2.22. The zero-order valence-electron chi connectivity index (χ0n) is 8.75. The van der Waals surface area contributed by atoms with Crippen molar-refractivity contribution in [1.29, 1.82) is 0 Å². The number of rotatable bonds is 3. The number of hydrogen-bond acceptors (Lipinski definition) is 3. The molecule has 88 valence electrons. The highest BCUT2D eigenvalue weighted by Crippen LogP contribution is 2.34. The van der Waals surface area contributed by atoms with Gasteiger partial charge in [0.1, 0.15) is 11.6 Å². The Morgan fingerprint density at radius 3 is 2.88 bits per heavy atom. The molecular formula is C11H14F2N2S. The molecule has 16 heavy (non-hydrogen) atoms. The number of hydrogen-bond donors (Lipinski definition) is 2. The Balaban J connectivity index is 2.28. The summed E-state index contributed by atoms with van der Waals surface area (Å²) < 4.78 is 26.7. The Kier molecular flexibility index (Phi) is 3.78. The van der Waals surface area contributed by atoms with Gasteiger partial charge >= 0.3 is 0 Å². The summed E-state index contributed by atoms with van der Waals surface area (Å²) in [6.45, 7) is 0. The van der Waals surface area contributed by atoms with Gasteiger partial charge in [0.15, 0.2) is 0 Å². The SMILES string of the molecule is NNC(c1cc(F)ccc1F)C1CCSC1. The van der Waals surface area contributed by atoms with Gasteiger partial charge in [-0.1, -0.05) is 0 Å². The summed E-state index contributed by atoms with van der Waals surface area (Å²) >= 11 is 1.82. The topological polar surface area (TPSA) is 38.0 Å². The third kappa shape index (κ3) is 2.36. The molecule has 3 N–H and O–H groups in total. The van der Waals surface area contributed by atoms with E-state index in [0.29, 0.717) is 5.56 Å². The second kappa shape index (κ2) is 5.12. The third-order valence-electron chi connectivity index (χ3n) is 2.91. The lowest BCUT2D eigenvalue weighted by molar-refractivity contribution is 0.385. The summed E-state index contributed by atoms with van der Waals surface area (Å²) in [7, 11) is 0. The van der Waals surface area contributed by atoms with Crippen LogP contribution in [0.1, 0.15) is 18.0 Å². The average Bonchev–Trinajstić information content (AvgIpc) is 2.78. The summed E-state index contributed by atoms with van der Waals surface area (Å²) in [5.41, 5.74) is 2.94. The second-order valence-corrected chi connectivity index (χ2v) is 5.08. The molecule has 0 spiro atoms. The van der Waals surface area contributed by atoms with Crippen molar-refractivity contribution in [2.75, 3.05) is 11.5 Å². The van der Waals surface area contributed by atoms with E-state index < -0.39 is 11.6 Å². The van der Waals surface area contributed by atoms with Crippen LogP contribution in [0.25, 0.3) is 0 Å². The summed E-state index contributed by atoms with van der Waals surface area (Å²) in [5.74, 6) is 6.89. The minimum atomic E-state index is -0.428. The van der Waals surface area contributed by atoms with E-state index in [9.17, 15) is 8.78 Å². The van der Waals surface area contributed by atoms with E-state index in [1.807, 2.05) is 11.8 Å². The molecule has 2 atom stereocenters. The van der Waals surface area contributed by atoms with Crippen molar-refractivity contribution >= 4 is 11.8 Å². The number of hydrazine groups is 1. The highest BCUT2D eigenvalue weighted by Gasteiger charge is 2.28. The fraction of sp³-hybridized carbons (Fsp3) is 0.455. The molecule has 1 saturated heterocycles. The molecule has 5 heteroatoms. The molecule has 1 aliphatic rings. The molecule has 1 aromatic carbocycles. The van der Waals surface area contributed by atoms with E-state index >= 15 is 0 Å². The average molecular weight is 244 g/mol. The first kappa shape index (κ1) is 11.8. The molecule has 2 rings (SSSR count). The highest BCUT2D eigenvalue weighted by atomic mass is 32.2. The van der Waals surface area contributed by atoms with Crippen LogP contribution in [0.2, 0.25) is 0 Å². The van der Waals surface area contributed by atoms with Gasteiger partial charge in [-0.05, 0) is 42.0 Å². The minimum Gasteiger partial charge on any atom is -0.271 e. The smallest absolute Gasteiger partial charge is 0.128 e. The van der Waals surface area contributed by atoms with Gasteiger partial charge in [-0.15, -0.1) is 0 Å². The van der Waals surface area contributed by atoms with Crippen LogP contribution in [0.4, 0.5) is 8.78 Å². The molecule has 0 saturated carbocycles. The fourth-order valence-electron chi connectivity index (χ4n) is 2.05. The van der Waals surface area contributed by atoms with Gasteiger partial charge in [0.05, 0.1) is 6.04 Å². The molecule has 1 fully saturated rings. The maximum atomic E-state index is 13.6. The molecule has 1 aliphatic heterocycles. The zero-order chi connectivity index (χ0) is 11.5. The number of halogens is 2. The number of nitrogens with one attached hydrogen (secondary N) is 1. The molecular weight excluding hydrogens is 230 g/mol. The Morgan fingerprint density at radius 2 is 2.25 bits per heavy atom. The van der Waals surface area contributed by atoms with Gasteiger partial charge < -0.3 is 0 Å². The van der Waals surface area contributed by atoms with Gasteiger partial charge in [-0.2, -0.15) is 11.8 Å². The molecule has 2 unspecified atom stereocenters. The first-order valence-corrected chi connectivity index (χ1v) is 6.36. The van der Waals surface area contributed by atoms with Crippen molar-refractivity contribution in [2.24, 2.45) is 11.8 Å². The maximum absolute atomic E-state index is 13.6. The number of nitrogens with two attached hydrogens (primary N) is 1. The Morgan fingerprint density at radius 1 is 1.44 bits per heavy atom. The molecule has 1 aromatic rings. The molecule has 0 aliphatic carbocycles. The van der Waals surface area contributed by atoms with E-state index in [1.165, 1.54) is 6.07 Å². The van der Waals surface area contributed by atoms with E-state index in [4.69, 9.17) is 5.84 Å². The highest BCUT2D eigenvalue weighted by molar-refractivity contribution is 7.99. The molecule has 0 amide bonds. The van der Waals surface area contributed by atoms with Gasteiger partial charge in [-0.3, -0.25) is 11.3 Å². The first-order chi connectivity index (χ1) is 7.72. The van der Waals surface area contributed by atoms with Crippen LogP contribution >= 0.6 is 11.8 Å². The van der Waals surface area contributed by atoms with Crippen molar-refractivity contribution in [3.05, 3.63) is 35.4 Å². The van der Waals surface area contributed by atoms with Crippen LogP contribution in [0, 0.1) is 17.6 Å². The lowest BCUT2D eigenvalue weighted by atomic mass is 9.92. The minimum absolute atomic E-state index is 0.270. The molecule has 0 bridgehead atoms. The van der Waals surface area contributed by atoms with Gasteiger partial charge in [-0.25, -0.2) is 8.78 Å². The molecule has 2 nitrogen and oxygen atoms in total. The zero-order valence-corrected chi connectivity index (χ0v) is 9.57. The summed E-state index contributed by atoms with van der Waals surface area (Å²) in [5, 5.41) is 0. The molecule has 0 aromatic heterocycles. The van der Waals surface area contributed by atoms with E-state index in [-0.39, 0.29) is 12.0 Å². The predicted molar refractivity (Wildman–Crippen MR) is 61.9 cm³/mol. The van der Waals surface area contributed by atoms with Gasteiger partial charge in [0, 0.05) is 5.56 Å². The van der Waals surface area contributed by atoms with Crippen LogP contribution in [-0.4, -0.2) is 11.5 Å². The van der Waals surface area contributed by atoms with E-state index in [2.05, 4.69) is 5.43 Å². The third-order valence-corrected chi connectivity index (χ3v) is 4.10. The summed E-state index contributed by atoms with van der Waals surface area (Å²) in [6, 6.07) is 3.20.